The Balaban J connectivity index is 1.43. The van der Waals surface area contributed by atoms with E-state index in [1.165, 1.54) is 18.2 Å². The predicted octanol–water partition coefficient (Wildman–Crippen LogP) is 2.52. The molecule has 0 unspecified atom stereocenters. The molecular weight excluding hydrogens is 348 g/mol. The van der Waals surface area contributed by atoms with Gasteiger partial charge in [-0.15, -0.1) is 0 Å². The maximum atomic E-state index is 11.9. The van der Waals surface area contributed by atoms with Gasteiger partial charge in [0.1, 0.15) is 5.75 Å². The van der Waals surface area contributed by atoms with Crippen LogP contribution in [0.2, 0.25) is 0 Å². The summed E-state index contributed by atoms with van der Waals surface area (Å²) in [7, 11) is 0. The zero-order valence-corrected chi connectivity index (χ0v) is 14.4. The number of nitrogens with one attached hydrogen (secondary N) is 1. The van der Waals surface area contributed by atoms with E-state index in [4.69, 9.17) is 4.74 Å². The first kappa shape index (κ1) is 18.1. The second-order valence-electron chi connectivity index (χ2n) is 5.77. The molecule has 27 heavy (non-hydrogen) atoms. The number of nitro benzene ring substituents is 1. The van der Waals surface area contributed by atoms with Gasteiger partial charge in [-0.1, -0.05) is 24.3 Å². The van der Waals surface area contributed by atoms with Crippen LogP contribution in [-0.2, 0) is 11.2 Å². The Morgan fingerprint density at radius 3 is 2.78 bits per heavy atom. The molecule has 0 bridgehead atoms. The van der Waals surface area contributed by atoms with E-state index in [1.807, 2.05) is 36.5 Å². The van der Waals surface area contributed by atoms with Gasteiger partial charge in [0.05, 0.1) is 22.9 Å². The van der Waals surface area contributed by atoms with Crippen LogP contribution < -0.4 is 10.1 Å². The molecule has 1 heterocycles. The Labute approximate surface area is 155 Å². The van der Waals surface area contributed by atoms with Crippen molar-refractivity contribution < 1.29 is 14.5 Å². The number of rotatable bonds is 8. The number of nitrogens with zero attached hydrogens (tertiary/aromatic N) is 3. The van der Waals surface area contributed by atoms with Crippen LogP contribution in [-0.4, -0.2) is 33.8 Å². The zero-order chi connectivity index (χ0) is 19.1. The molecule has 0 aliphatic heterocycles. The van der Waals surface area contributed by atoms with Crippen LogP contribution in [0.3, 0.4) is 0 Å². The molecule has 3 aromatic rings. The van der Waals surface area contributed by atoms with Crippen LogP contribution in [0.4, 0.5) is 5.69 Å². The molecule has 3 rings (SSSR count). The van der Waals surface area contributed by atoms with Crippen molar-refractivity contribution in [3.63, 3.8) is 0 Å². The van der Waals surface area contributed by atoms with Crippen molar-refractivity contribution in [3.8, 4) is 11.4 Å². The number of nitro groups is 1. The van der Waals surface area contributed by atoms with E-state index in [0.29, 0.717) is 13.0 Å². The fourth-order valence-electron chi connectivity index (χ4n) is 2.44. The van der Waals surface area contributed by atoms with Gasteiger partial charge in [0.15, 0.2) is 6.61 Å². The Hall–Kier alpha value is -3.68. The minimum absolute atomic E-state index is 0.0802. The Morgan fingerprint density at radius 2 is 2.00 bits per heavy atom. The lowest BCUT2D eigenvalue weighted by Crippen LogP contribution is -2.30. The van der Waals surface area contributed by atoms with E-state index in [9.17, 15) is 14.9 Å². The van der Waals surface area contributed by atoms with Crippen LogP contribution in [0, 0.1) is 10.1 Å². The first-order chi connectivity index (χ1) is 13.1. The molecule has 0 atom stereocenters. The maximum Gasteiger partial charge on any atom is 0.273 e. The lowest BCUT2D eigenvalue weighted by molar-refractivity contribution is -0.384. The van der Waals surface area contributed by atoms with Crippen LogP contribution in [0.15, 0.2) is 67.0 Å². The van der Waals surface area contributed by atoms with Crippen LogP contribution in [0.1, 0.15) is 5.56 Å². The SMILES string of the molecule is O=C(COc1cccc([N+](=O)[O-])c1)NCCc1cnn(-c2ccccc2)c1. The van der Waals surface area contributed by atoms with Gasteiger partial charge in [-0.3, -0.25) is 14.9 Å². The van der Waals surface area contributed by atoms with Crippen molar-refractivity contribution in [1.29, 1.82) is 0 Å². The van der Waals surface area contributed by atoms with Crippen LogP contribution >= 0.6 is 0 Å². The topological polar surface area (TPSA) is 99.3 Å². The average Bonchev–Trinajstić information content (AvgIpc) is 3.16. The number of carbonyl (C=O) groups is 1. The van der Waals surface area contributed by atoms with Gasteiger partial charge in [-0.25, -0.2) is 4.68 Å². The summed E-state index contributed by atoms with van der Waals surface area (Å²) in [4.78, 5) is 22.1. The normalized spacial score (nSPS) is 10.4. The summed E-state index contributed by atoms with van der Waals surface area (Å²) >= 11 is 0. The highest BCUT2D eigenvalue weighted by Gasteiger charge is 2.08. The number of non-ortho nitro benzene ring substituents is 1. The molecule has 138 valence electrons. The highest BCUT2D eigenvalue weighted by molar-refractivity contribution is 5.77. The van der Waals surface area contributed by atoms with E-state index in [2.05, 4.69) is 10.4 Å². The molecule has 0 aliphatic rings. The molecule has 0 radical (unpaired) electrons. The maximum absolute atomic E-state index is 11.9. The third-order valence-electron chi connectivity index (χ3n) is 3.79. The second kappa shape index (κ2) is 8.61. The van der Waals surface area contributed by atoms with Crippen molar-refractivity contribution in [2.45, 2.75) is 6.42 Å². The lowest BCUT2D eigenvalue weighted by Gasteiger charge is -2.07. The fraction of sp³-hybridized carbons (Fsp3) is 0.158. The van der Waals surface area contributed by atoms with E-state index in [1.54, 1.807) is 16.9 Å². The van der Waals surface area contributed by atoms with Gasteiger partial charge in [-0.2, -0.15) is 5.10 Å². The summed E-state index contributed by atoms with van der Waals surface area (Å²) in [6.45, 7) is 0.238. The average molecular weight is 366 g/mol. The number of ether oxygens (including phenoxy) is 1. The number of hydrogen-bond acceptors (Lipinski definition) is 5. The fourth-order valence-corrected chi connectivity index (χ4v) is 2.44. The standard InChI is InChI=1S/C19H18N4O4/c24-19(14-27-18-8-4-7-17(11-18)23(25)26)20-10-9-15-12-21-22(13-15)16-5-2-1-3-6-16/h1-8,11-13H,9-10,14H2,(H,20,24). The number of benzene rings is 2. The van der Waals surface area contributed by atoms with Gasteiger partial charge in [-0.05, 0) is 30.2 Å². The van der Waals surface area contributed by atoms with Gasteiger partial charge < -0.3 is 10.1 Å². The van der Waals surface area contributed by atoms with Crippen LogP contribution in [0.25, 0.3) is 5.69 Å². The highest BCUT2D eigenvalue weighted by atomic mass is 16.6. The summed E-state index contributed by atoms with van der Waals surface area (Å²) in [6.07, 6.45) is 4.31. The van der Waals surface area contributed by atoms with E-state index in [0.717, 1.165) is 11.3 Å². The molecule has 0 saturated carbocycles. The molecule has 1 amide bonds. The minimum Gasteiger partial charge on any atom is -0.484 e. The molecule has 8 heteroatoms. The number of para-hydroxylation sites is 1. The number of carbonyl (C=O) groups excluding carboxylic acids is 1. The minimum atomic E-state index is -0.511. The molecule has 1 N–H and O–H groups in total. The monoisotopic (exact) mass is 366 g/mol. The first-order valence-electron chi connectivity index (χ1n) is 8.35. The smallest absolute Gasteiger partial charge is 0.273 e. The molecular formula is C19H18N4O4. The summed E-state index contributed by atoms with van der Waals surface area (Å²) in [5, 5.41) is 17.8. The van der Waals surface area contributed by atoms with Crippen molar-refractivity contribution in [2.75, 3.05) is 13.2 Å². The molecule has 1 aromatic heterocycles. The molecule has 0 fully saturated rings. The molecule has 0 saturated heterocycles. The van der Waals surface area contributed by atoms with Crippen molar-refractivity contribution in [2.24, 2.45) is 0 Å². The second-order valence-corrected chi connectivity index (χ2v) is 5.77. The lowest BCUT2D eigenvalue weighted by atomic mass is 10.2. The Morgan fingerprint density at radius 1 is 1.19 bits per heavy atom. The van der Waals surface area contributed by atoms with Gasteiger partial charge in [0.25, 0.3) is 11.6 Å². The largest absolute Gasteiger partial charge is 0.484 e. The highest BCUT2D eigenvalue weighted by Crippen LogP contribution is 2.18. The summed E-state index contributed by atoms with van der Waals surface area (Å²) < 4.78 is 7.07. The predicted molar refractivity (Wildman–Crippen MR) is 98.9 cm³/mol. The first-order valence-corrected chi connectivity index (χ1v) is 8.35. The van der Waals surface area contributed by atoms with Crippen molar-refractivity contribution in [3.05, 3.63) is 82.7 Å². The van der Waals surface area contributed by atoms with Gasteiger partial charge in [0, 0.05) is 18.8 Å². The summed E-state index contributed by atoms with van der Waals surface area (Å²) in [5.41, 5.74) is 1.89. The van der Waals surface area contributed by atoms with Gasteiger partial charge in [0.2, 0.25) is 0 Å². The zero-order valence-electron chi connectivity index (χ0n) is 14.4. The van der Waals surface area contributed by atoms with E-state index >= 15 is 0 Å². The molecule has 0 spiro atoms. The Kier molecular flexibility index (Phi) is 5.78. The van der Waals surface area contributed by atoms with Crippen LogP contribution in [0.5, 0.6) is 5.75 Å². The van der Waals surface area contributed by atoms with E-state index in [-0.39, 0.29) is 24.0 Å². The quantitative estimate of drug-likeness (QED) is 0.488. The number of amides is 1. The van der Waals surface area contributed by atoms with Crippen molar-refractivity contribution >= 4 is 11.6 Å². The molecule has 8 nitrogen and oxygen atoms in total. The number of hydrogen-bond donors (Lipinski definition) is 1. The van der Waals surface area contributed by atoms with Gasteiger partial charge >= 0.3 is 0 Å². The Bertz CT molecular complexity index is 924. The third kappa shape index (κ3) is 5.15. The van der Waals surface area contributed by atoms with E-state index < -0.39 is 4.92 Å². The molecule has 0 aliphatic carbocycles. The van der Waals surface area contributed by atoms with Crippen molar-refractivity contribution in [1.82, 2.24) is 15.1 Å². The number of aromatic nitrogens is 2. The summed E-state index contributed by atoms with van der Waals surface area (Å²) in [5.74, 6) is -0.0135. The third-order valence-corrected chi connectivity index (χ3v) is 3.79. The summed E-state index contributed by atoms with van der Waals surface area (Å²) in [6, 6.07) is 15.5. The molecule has 2 aromatic carbocycles.